The van der Waals surface area contributed by atoms with E-state index in [9.17, 15) is 32.3 Å². The molecule has 0 radical (unpaired) electrons. The predicted molar refractivity (Wildman–Crippen MR) is 122 cm³/mol. The molecule has 1 aliphatic heterocycles. The number of amides is 5. The predicted octanol–water partition coefficient (Wildman–Crippen LogP) is 3.63. The summed E-state index contributed by atoms with van der Waals surface area (Å²) in [6.45, 7) is 6.66. The van der Waals surface area contributed by atoms with Crippen molar-refractivity contribution in [3.8, 4) is 0 Å². The molecule has 3 rings (SSSR count). The molecule has 1 heterocycles. The minimum absolute atomic E-state index is 0.0615. The largest absolute Gasteiger partial charge is 0.418 e. The van der Waals surface area contributed by atoms with E-state index in [1.165, 1.54) is 12.1 Å². The standard InChI is InChI=1S/C24H31F3N4O4/c1-5-30(12-18(32)28-17-9-7-6-8-16(17)24(25,26)27)19(33)13-31-20(34)23(29-21(31)35)11-15(2)10-22(3,4)14-23/h6-9,15H,5,10-14H2,1-4H3,(H,28,32)(H,29,35)/t15-,23+/m0/s1. The topological polar surface area (TPSA) is 98.8 Å². The number of para-hydroxylation sites is 1. The zero-order valence-electron chi connectivity index (χ0n) is 20.3. The van der Waals surface area contributed by atoms with Gasteiger partial charge in [-0.05, 0) is 49.7 Å². The van der Waals surface area contributed by atoms with Crippen molar-refractivity contribution in [3.05, 3.63) is 29.8 Å². The smallest absolute Gasteiger partial charge is 0.332 e. The van der Waals surface area contributed by atoms with Gasteiger partial charge in [0.1, 0.15) is 12.1 Å². The number of carbonyl (C=O) groups is 4. The molecule has 192 valence electrons. The first-order chi connectivity index (χ1) is 16.2. The number of benzene rings is 1. The van der Waals surface area contributed by atoms with E-state index in [1.54, 1.807) is 6.92 Å². The summed E-state index contributed by atoms with van der Waals surface area (Å²) in [7, 11) is 0. The van der Waals surface area contributed by atoms with Crippen LogP contribution in [0.15, 0.2) is 24.3 Å². The molecule has 35 heavy (non-hydrogen) atoms. The van der Waals surface area contributed by atoms with Crippen LogP contribution < -0.4 is 10.6 Å². The molecule has 2 fully saturated rings. The van der Waals surface area contributed by atoms with Gasteiger partial charge < -0.3 is 15.5 Å². The van der Waals surface area contributed by atoms with Crippen molar-refractivity contribution in [1.29, 1.82) is 0 Å². The molecular formula is C24H31F3N4O4. The number of imide groups is 1. The first kappa shape index (κ1) is 26.5. The van der Waals surface area contributed by atoms with E-state index in [1.807, 2.05) is 20.8 Å². The Bertz CT molecular complexity index is 1030. The maximum atomic E-state index is 13.3. The van der Waals surface area contributed by atoms with Crippen molar-refractivity contribution in [1.82, 2.24) is 15.1 Å². The third-order valence-electron chi connectivity index (χ3n) is 6.49. The molecular weight excluding hydrogens is 465 g/mol. The van der Waals surface area contributed by atoms with Gasteiger partial charge in [-0.25, -0.2) is 4.79 Å². The Labute approximate surface area is 202 Å². The number of rotatable bonds is 6. The van der Waals surface area contributed by atoms with Crippen molar-refractivity contribution < 1.29 is 32.3 Å². The van der Waals surface area contributed by atoms with Gasteiger partial charge in [0.2, 0.25) is 11.8 Å². The van der Waals surface area contributed by atoms with E-state index in [-0.39, 0.29) is 17.9 Å². The Morgan fingerprint density at radius 2 is 1.86 bits per heavy atom. The summed E-state index contributed by atoms with van der Waals surface area (Å²) in [4.78, 5) is 53.2. The normalized spacial score (nSPS) is 23.9. The highest BCUT2D eigenvalue weighted by Crippen LogP contribution is 2.46. The van der Waals surface area contributed by atoms with E-state index in [0.29, 0.717) is 12.8 Å². The molecule has 1 aliphatic carbocycles. The fraction of sp³-hybridized carbons (Fsp3) is 0.583. The van der Waals surface area contributed by atoms with Gasteiger partial charge >= 0.3 is 12.2 Å². The second kappa shape index (κ2) is 9.50. The average molecular weight is 497 g/mol. The van der Waals surface area contributed by atoms with E-state index >= 15 is 0 Å². The highest BCUT2D eigenvalue weighted by atomic mass is 19.4. The van der Waals surface area contributed by atoms with Crippen molar-refractivity contribution >= 4 is 29.4 Å². The minimum atomic E-state index is -4.66. The van der Waals surface area contributed by atoms with Crippen LogP contribution in [0.2, 0.25) is 0 Å². The molecule has 2 aliphatic rings. The number of hydrogen-bond donors (Lipinski definition) is 2. The number of urea groups is 1. The number of hydrogen-bond acceptors (Lipinski definition) is 4. The van der Waals surface area contributed by atoms with Crippen LogP contribution in [0, 0.1) is 11.3 Å². The summed E-state index contributed by atoms with van der Waals surface area (Å²) >= 11 is 0. The van der Waals surface area contributed by atoms with Crippen LogP contribution in [0.1, 0.15) is 52.5 Å². The maximum absolute atomic E-state index is 13.3. The van der Waals surface area contributed by atoms with E-state index in [0.717, 1.165) is 28.4 Å². The van der Waals surface area contributed by atoms with Gasteiger partial charge in [0.25, 0.3) is 5.91 Å². The second-order valence-electron chi connectivity index (χ2n) is 10.3. The van der Waals surface area contributed by atoms with Crippen LogP contribution >= 0.6 is 0 Å². The van der Waals surface area contributed by atoms with Crippen LogP contribution in [0.3, 0.4) is 0 Å². The van der Waals surface area contributed by atoms with Crippen molar-refractivity contribution in [2.24, 2.45) is 11.3 Å². The molecule has 0 bridgehead atoms. The zero-order valence-corrected chi connectivity index (χ0v) is 20.3. The summed E-state index contributed by atoms with van der Waals surface area (Å²) in [5.41, 5.74) is -2.65. The lowest BCUT2D eigenvalue weighted by atomic mass is 9.64. The van der Waals surface area contributed by atoms with Gasteiger partial charge in [-0.1, -0.05) is 32.9 Å². The maximum Gasteiger partial charge on any atom is 0.418 e. The van der Waals surface area contributed by atoms with Crippen LogP contribution in [0.4, 0.5) is 23.7 Å². The molecule has 0 unspecified atom stereocenters. The van der Waals surface area contributed by atoms with Gasteiger partial charge in [-0.15, -0.1) is 0 Å². The molecule has 11 heteroatoms. The highest BCUT2D eigenvalue weighted by molar-refractivity contribution is 6.09. The number of alkyl halides is 3. The third-order valence-corrected chi connectivity index (χ3v) is 6.49. The van der Waals surface area contributed by atoms with Crippen molar-refractivity contribution in [3.63, 3.8) is 0 Å². The number of anilines is 1. The Hall–Kier alpha value is -3.11. The number of halogens is 3. The number of likely N-dealkylation sites (N-methyl/N-ethyl adjacent to an activating group) is 1. The monoisotopic (exact) mass is 496 g/mol. The van der Waals surface area contributed by atoms with Crippen LogP contribution in [0.5, 0.6) is 0 Å². The third kappa shape index (κ3) is 5.76. The Balaban J connectivity index is 1.67. The fourth-order valence-electron chi connectivity index (χ4n) is 5.46. The lowest BCUT2D eigenvalue weighted by molar-refractivity contribution is -0.141. The molecule has 2 N–H and O–H groups in total. The molecule has 0 aromatic heterocycles. The summed E-state index contributed by atoms with van der Waals surface area (Å²) in [6, 6.07) is 3.87. The number of nitrogens with zero attached hydrogens (tertiary/aromatic N) is 2. The molecule has 1 saturated heterocycles. The molecule has 1 aromatic rings. The number of carbonyl (C=O) groups excluding carboxylic acids is 4. The minimum Gasteiger partial charge on any atom is -0.332 e. The van der Waals surface area contributed by atoms with Gasteiger partial charge in [0, 0.05) is 6.54 Å². The van der Waals surface area contributed by atoms with E-state index in [4.69, 9.17) is 0 Å². The molecule has 1 aromatic carbocycles. The Kier molecular flexibility index (Phi) is 7.19. The lowest BCUT2D eigenvalue weighted by Crippen LogP contribution is -2.54. The Morgan fingerprint density at radius 3 is 2.46 bits per heavy atom. The first-order valence-corrected chi connectivity index (χ1v) is 11.6. The van der Waals surface area contributed by atoms with E-state index < -0.39 is 59.8 Å². The van der Waals surface area contributed by atoms with Crippen molar-refractivity contribution in [2.75, 3.05) is 25.0 Å². The SMILES string of the molecule is CCN(CC(=O)Nc1ccccc1C(F)(F)F)C(=O)CN1C(=O)N[C@@]2(C[C@@H](C)CC(C)(C)C2)C1=O. The molecule has 5 amide bonds. The van der Waals surface area contributed by atoms with Crippen molar-refractivity contribution in [2.45, 2.75) is 58.7 Å². The summed E-state index contributed by atoms with van der Waals surface area (Å²) in [5, 5.41) is 4.99. The average Bonchev–Trinajstić information content (AvgIpc) is 2.93. The molecule has 8 nitrogen and oxygen atoms in total. The van der Waals surface area contributed by atoms with Gasteiger partial charge in [-0.3, -0.25) is 19.3 Å². The second-order valence-corrected chi connectivity index (χ2v) is 10.3. The quantitative estimate of drug-likeness (QED) is 0.588. The zero-order chi connectivity index (χ0) is 26.2. The summed E-state index contributed by atoms with van der Waals surface area (Å²) in [6.07, 6.45) is -2.82. The van der Waals surface area contributed by atoms with Gasteiger partial charge in [0.15, 0.2) is 0 Å². The lowest BCUT2D eigenvalue weighted by Gasteiger charge is -2.43. The summed E-state index contributed by atoms with van der Waals surface area (Å²) < 4.78 is 39.6. The molecule has 1 saturated carbocycles. The fourth-order valence-corrected chi connectivity index (χ4v) is 5.46. The summed E-state index contributed by atoms with van der Waals surface area (Å²) in [5.74, 6) is -1.74. The van der Waals surface area contributed by atoms with Gasteiger partial charge in [0.05, 0.1) is 17.8 Å². The van der Waals surface area contributed by atoms with Crippen LogP contribution in [0.25, 0.3) is 0 Å². The van der Waals surface area contributed by atoms with Gasteiger partial charge in [-0.2, -0.15) is 13.2 Å². The number of nitrogens with one attached hydrogen (secondary N) is 2. The highest BCUT2D eigenvalue weighted by Gasteiger charge is 2.56. The molecule has 2 atom stereocenters. The van der Waals surface area contributed by atoms with E-state index in [2.05, 4.69) is 10.6 Å². The van der Waals surface area contributed by atoms with Crippen LogP contribution in [-0.2, 0) is 20.6 Å². The van der Waals surface area contributed by atoms with Crippen LogP contribution in [-0.4, -0.2) is 58.7 Å². The Morgan fingerprint density at radius 1 is 1.20 bits per heavy atom. The first-order valence-electron chi connectivity index (χ1n) is 11.6. The molecule has 1 spiro atoms.